The molecule has 0 heteroatoms. The van der Waals surface area contributed by atoms with Crippen LogP contribution < -0.4 is 0 Å². The summed E-state index contributed by atoms with van der Waals surface area (Å²) >= 11 is 0. The largest absolute Gasteiger partial charge is 0.0654 e. The molecule has 0 saturated heterocycles. The number of hydrogen-bond donors (Lipinski definition) is 0. The lowest BCUT2D eigenvalue weighted by Gasteiger charge is -2.79. The molecule has 0 aromatic rings. The van der Waals surface area contributed by atoms with E-state index in [1.54, 1.807) is 70.6 Å². The summed E-state index contributed by atoms with van der Waals surface area (Å²) in [5, 5.41) is 0. The van der Waals surface area contributed by atoms with Crippen LogP contribution in [0.3, 0.4) is 0 Å². The lowest BCUT2D eigenvalue weighted by Crippen LogP contribution is -2.74. The van der Waals surface area contributed by atoms with Crippen LogP contribution in [0, 0.1) is 109 Å². The summed E-state index contributed by atoms with van der Waals surface area (Å²) in [4.78, 5) is 0. The molecule has 0 bridgehead atoms. The van der Waals surface area contributed by atoms with Crippen LogP contribution in [-0.2, 0) is 0 Å². The Morgan fingerprint density at radius 1 is 0.712 bits per heavy atom. The lowest BCUT2D eigenvalue weighted by atomic mass is 9.25. The molecule has 0 amide bonds. The van der Waals surface area contributed by atoms with Crippen LogP contribution in [-0.4, -0.2) is 0 Å². The molecule has 0 N–H and O–H groups in total. The molecule has 52 heavy (non-hydrogen) atoms. The monoisotopic (exact) mass is 715 g/mol. The fourth-order valence-corrected chi connectivity index (χ4v) is 20.2. The van der Waals surface area contributed by atoms with E-state index in [9.17, 15) is 0 Å². The van der Waals surface area contributed by atoms with E-state index in [-0.39, 0.29) is 0 Å². The topological polar surface area (TPSA) is 0 Å². The van der Waals surface area contributed by atoms with E-state index < -0.39 is 0 Å². The van der Waals surface area contributed by atoms with Crippen molar-refractivity contribution in [2.24, 2.45) is 109 Å². The molecule has 8 saturated carbocycles. The van der Waals surface area contributed by atoms with Gasteiger partial charge in [-0.25, -0.2) is 0 Å². The Labute approximate surface area is 325 Å². The molecule has 0 nitrogen and oxygen atoms in total. The smallest absolute Gasteiger partial charge is 0.0137 e. The van der Waals surface area contributed by atoms with E-state index >= 15 is 0 Å². The summed E-state index contributed by atoms with van der Waals surface area (Å²) in [5.74, 6) is 11.8. The summed E-state index contributed by atoms with van der Waals surface area (Å²) in [6.45, 7) is 32.5. The SMILES string of the molecule is CCCCC1CC(C(C)CC2(C3CC3)C(CC)[C@@H](C)C23CCC(C)[C@@]3(CCCC)C23CC2C(C)(CC)C(C)(CC2C(C)[C@@H]2CCC)C2CC23CC)C1. The van der Waals surface area contributed by atoms with Gasteiger partial charge in [0.15, 0.2) is 0 Å². The molecule has 0 aliphatic heterocycles. The Morgan fingerprint density at radius 2 is 1.42 bits per heavy atom. The number of fused-ring (bicyclic) bond motifs is 3. The molecule has 8 fully saturated rings. The van der Waals surface area contributed by atoms with Gasteiger partial charge in [-0.15, -0.1) is 0 Å². The third-order valence-electron chi connectivity index (χ3n) is 22.8. The Bertz CT molecular complexity index is 1300. The van der Waals surface area contributed by atoms with Crippen molar-refractivity contribution in [3.8, 4) is 0 Å². The van der Waals surface area contributed by atoms with Crippen molar-refractivity contribution in [3.63, 3.8) is 0 Å². The Hall–Kier alpha value is 0. The van der Waals surface area contributed by atoms with E-state index in [1.165, 1.54) is 64.2 Å². The summed E-state index contributed by atoms with van der Waals surface area (Å²) in [7, 11) is 0. The first-order chi connectivity index (χ1) is 24.8. The Morgan fingerprint density at radius 3 is 2.02 bits per heavy atom. The van der Waals surface area contributed by atoms with Crippen LogP contribution in [0.1, 0.15) is 218 Å². The average Bonchev–Trinajstić information content (AvgIpc) is 3.94. The number of unbranched alkanes of at least 4 members (excludes halogenated alkanes) is 2. The highest BCUT2D eigenvalue weighted by Gasteiger charge is 2.95. The third kappa shape index (κ3) is 4.46. The molecule has 8 aliphatic rings. The first kappa shape index (κ1) is 38.9. The van der Waals surface area contributed by atoms with Gasteiger partial charge in [0, 0.05) is 0 Å². The Kier molecular flexibility index (Phi) is 9.72. The van der Waals surface area contributed by atoms with Crippen molar-refractivity contribution < 1.29 is 0 Å². The molecule has 0 aromatic heterocycles. The van der Waals surface area contributed by atoms with Crippen LogP contribution in [0.2, 0.25) is 0 Å². The van der Waals surface area contributed by atoms with E-state index in [0.29, 0.717) is 37.9 Å². The van der Waals surface area contributed by atoms with Crippen LogP contribution in [0.4, 0.5) is 0 Å². The van der Waals surface area contributed by atoms with Gasteiger partial charge in [0.25, 0.3) is 0 Å². The van der Waals surface area contributed by atoms with E-state index in [1.807, 2.05) is 0 Å². The van der Waals surface area contributed by atoms with Crippen molar-refractivity contribution in [2.75, 3.05) is 0 Å². The highest BCUT2D eigenvalue weighted by atomic mass is 15.0. The van der Waals surface area contributed by atoms with Crippen LogP contribution in [0.15, 0.2) is 0 Å². The van der Waals surface area contributed by atoms with Crippen LogP contribution >= 0.6 is 0 Å². The van der Waals surface area contributed by atoms with Crippen molar-refractivity contribution in [3.05, 3.63) is 0 Å². The summed E-state index contributed by atoms with van der Waals surface area (Å²) in [6, 6.07) is 0. The Balaban J connectivity index is 1.23. The van der Waals surface area contributed by atoms with Gasteiger partial charge in [0.2, 0.25) is 0 Å². The summed E-state index contributed by atoms with van der Waals surface area (Å²) in [6.07, 6.45) is 31.9. The van der Waals surface area contributed by atoms with Crippen molar-refractivity contribution in [1.29, 1.82) is 0 Å². The number of rotatable bonds is 18. The predicted molar refractivity (Wildman–Crippen MR) is 224 cm³/mol. The first-order valence-electron chi connectivity index (χ1n) is 24.8. The quantitative estimate of drug-likeness (QED) is 0.133. The van der Waals surface area contributed by atoms with Gasteiger partial charge < -0.3 is 0 Å². The van der Waals surface area contributed by atoms with E-state index in [2.05, 4.69) is 83.1 Å². The molecular formula is C52H90. The van der Waals surface area contributed by atoms with E-state index in [0.717, 1.165) is 71.0 Å². The maximum absolute atomic E-state index is 2.93. The minimum absolute atomic E-state index is 0.501. The minimum Gasteiger partial charge on any atom is -0.0654 e. The lowest BCUT2D eigenvalue weighted by molar-refractivity contribution is -0.318. The zero-order valence-corrected chi connectivity index (χ0v) is 37.3. The van der Waals surface area contributed by atoms with Gasteiger partial charge in [0.05, 0.1) is 0 Å². The second-order valence-electron chi connectivity index (χ2n) is 23.4. The van der Waals surface area contributed by atoms with Crippen molar-refractivity contribution >= 4 is 0 Å². The maximum atomic E-state index is 2.93. The zero-order chi connectivity index (χ0) is 37.3. The molecule has 1 spiro atoms. The van der Waals surface area contributed by atoms with Crippen LogP contribution in [0.25, 0.3) is 0 Å². The highest BCUT2D eigenvalue weighted by molar-refractivity contribution is 5.43. The predicted octanol–water partition coefficient (Wildman–Crippen LogP) is 15.8. The van der Waals surface area contributed by atoms with Gasteiger partial charge in [-0.1, -0.05) is 134 Å². The van der Waals surface area contributed by atoms with Gasteiger partial charge in [-0.05, 0) is 192 Å². The van der Waals surface area contributed by atoms with Gasteiger partial charge >= 0.3 is 0 Å². The standard InChI is InChI=1S/C52H90/c1-13-19-22-38-28-39(29-38)34(7)30-49(40-23-24-40)43(16-4)37(10)51(49)27-25-35(8)50(51,26-20-14-2)52-33-45(52)46(11,17-5)47(12,44-32-48(44,52)18-6)31-42-36(9)41(42)21-15-3/h34-45H,13-33H2,1-12H3/t34?,35?,36?,37-,38?,39?,41+,42?,43?,44?,45?,46?,47?,48?,49?,50-,51?,52?/m1/s1. The van der Waals surface area contributed by atoms with Crippen molar-refractivity contribution in [1.82, 2.24) is 0 Å². The molecule has 8 rings (SSSR count). The molecule has 0 radical (unpaired) electrons. The summed E-state index contributed by atoms with van der Waals surface area (Å²) < 4.78 is 0. The first-order valence-corrected chi connectivity index (χ1v) is 24.8. The molecule has 8 aliphatic carbocycles. The fraction of sp³-hybridized carbons (Fsp3) is 1.00. The second kappa shape index (κ2) is 13.0. The molecular weight excluding hydrogens is 625 g/mol. The average molecular weight is 715 g/mol. The maximum Gasteiger partial charge on any atom is -0.0137 e. The van der Waals surface area contributed by atoms with E-state index in [4.69, 9.17) is 0 Å². The fourth-order valence-electron chi connectivity index (χ4n) is 20.2. The summed E-state index contributed by atoms with van der Waals surface area (Å²) in [5.41, 5.74) is 4.01. The number of hydrogen-bond acceptors (Lipinski definition) is 0. The second-order valence-corrected chi connectivity index (χ2v) is 23.4. The van der Waals surface area contributed by atoms with Gasteiger partial charge in [-0.2, -0.15) is 0 Å². The minimum atomic E-state index is 0.501. The van der Waals surface area contributed by atoms with Crippen LogP contribution in [0.5, 0.6) is 0 Å². The third-order valence-corrected chi connectivity index (χ3v) is 22.8. The zero-order valence-electron chi connectivity index (χ0n) is 37.3. The molecule has 13 unspecified atom stereocenters. The van der Waals surface area contributed by atoms with Gasteiger partial charge in [-0.3, -0.25) is 0 Å². The molecule has 0 heterocycles. The molecule has 16 atom stereocenters. The highest BCUT2D eigenvalue weighted by Crippen LogP contribution is 3.01. The molecule has 298 valence electrons. The van der Waals surface area contributed by atoms with Crippen molar-refractivity contribution in [2.45, 2.75) is 218 Å². The normalized spacial score (nSPS) is 56.1. The molecule has 0 aromatic carbocycles. The van der Waals surface area contributed by atoms with Gasteiger partial charge in [0.1, 0.15) is 0 Å².